The van der Waals surface area contributed by atoms with Crippen molar-refractivity contribution in [2.45, 2.75) is 45.3 Å². The third-order valence-corrected chi connectivity index (χ3v) is 3.89. The van der Waals surface area contributed by atoms with Crippen LogP contribution < -0.4 is 10.2 Å². The van der Waals surface area contributed by atoms with Gasteiger partial charge in [0.15, 0.2) is 0 Å². The fourth-order valence-electron chi connectivity index (χ4n) is 2.57. The van der Waals surface area contributed by atoms with E-state index in [1.165, 1.54) is 19.4 Å². The Morgan fingerprint density at radius 3 is 2.80 bits per heavy atom. The number of nitrogens with one attached hydrogen (secondary N) is 1. The van der Waals surface area contributed by atoms with Crippen LogP contribution in [0.3, 0.4) is 0 Å². The molecule has 112 valence electrons. The van der Waals surface area contributed by atoms with Gasteiger partial charge in [-0.1, -0.05) is 13.8 Å². The molecule has 1 N–H and O–H groups in total. The van der Waals surface area contributed by atoms with Crippen LogP contribution in [0.2, 0.25) is 0 Å². The molecule has 5 nitrogen and oxygen atoms in total. The summed E-state index contributed by atoms with van der Waals surface area (Å²) in [5, 5.41) is 3.36. The predicted molar refractivity (Wildman–Crippen MR) is 82.9 cm³/mol. The molecular formula is C15H27N5. The summed E-state index contributed by atoms with van der Waals surface area (Å²) in [4.78, 5) is 13.7. The van der Waals surface area contributed by atoms with Crippen LogP contribution >= 0.6 is 0 Å². The van der Waals surface area contributed by atoms with Crippen molar-refractivity contribution in [3.05, 3.63) is 18.1 Å². The van der Waals surface area contributed by atoms with Crippen molar-refractivity contribution in [1.29, 1.82) is 0 Å². The Kier molecular flexibility index (Phi) is 5.31. The van der Waals surface area contributed by atoms with E-state index >= 15 is 0 Å². The molecule has 0 aliphatic carbocycles. The molecule has 0 bridgehead atoms. The maximum atomic E-state index is 4.56. The lowest BCUT2D eigenvalue weighted by atomic mass is 10.1. The number of likely N-dealkylation sites (tertiary alicyclic amines) is 1. The van der Waals surface area contributed by atoms with Crippen LogP contribution in [-0.2, 0) is 6.54 Å². The van der Waals surface area contributed by atoms with Crippen molar-refractivity contribution in [3.8, 4) is 0 Å². The van der Waals surface area contributed by atoms with E-state index in [0.29, 0.717) is 12.1 Å². The van der Waals surface area contributed by atoms with E-state index < -0.39 is 0 Å². The molecule has 0 radical (unpaired) electrons. The first-order valence-electron chi connectivity index (χ1n) is 7.52. The van der Waals surface area contributed by atoms with Gasteiger partial charge in [0.2, 0.25) is 0 Å². The third-order valence-electron chi connectivity index (χ3n) is 3.89. The molecule has 1 fully saturated rings. The van der Waals surface area contributed by atoms with Crippen LogP contribution in [-0.4, -0.2) is 54.1 Å². The van der Waals surface area contributed by atoms with Crippen molar-refractivity contribution < 1.29 is 0 Å². The Hall–Kier alpha value is -1.20. The molecule has 2 heterocycles. The van der Waals surface area contributed by atoms with Crippen molar-refractivity contribution in [1.82, 2.24) is 20.2 Å². The molecular weight excluding hydrogens is 250 g/mol. The Balaban J connectivity index is 1.94. The second kappa shape index (κ2) is 6.99. The monoisotopic (exact) mass is 277 g/mol. The van der Waals surface area contributed by atoms with E-state index in [-0.39, 0.29) is 0 Å². The Bertz CT molecular complexity index is 403. The van der Waals surface area contributed by atoms with E-state index in [9.17, 15) is 0 Å². The molecule has 0 saturated carbocycles. The van der Waals surface area contributed by atoms with Gasteiger partial charge < -0.3 is 15.1 Å². The van der Waals surface area contributed by atoms with E-state index in [0.717, 1.165) is 24.6 Å². The topological polar surface area (TPSA) is 44.3 Å². The van der Waals surface area contributed by atoms with Gasteiger partial charge in [-0.3, -0.25) is 4.98 Å². The van der Waals surface area contributed by atoms with E-state index in [4.69, 9.17) is 0 Å². The molecule has 1 saturated heterocycles. The summed E-state index contributed by atoms with van der Waals surface area (Å²) in [6.45, 7) is 7.36. The van der Waals surface area contributed by atoms with Gasteiger partial charge in [0, 0.05) is 32.2 Å². The molecule has 0 aromatic carbocycles. The van der Waals surface area contributed by atoms with Gasteiger partial charge in [0.1, 0.15) is 5.82 Å². The summed E-state index contributed by atoms with van der Waals surface area (Å²) in [6, 6.07) is 1.01. The average Bonchev–Trinajstić information content (AvgIpc) is 2.45. The van der Waals surface area contributed by atoms with Gasteiger partial charge in [-0.25, -0.2) is 4.98 Å². The second-order valence-corrected chi connectivity index (χ2v) is 6.07. The predicted octanol–water partition coefficient (Wildman–Crippen LogP) is 1.50. The highest BCUT2D eigenvalue weighted by Gasteiger charge is 2.22. The molecule has 1 unspecified atom stereocenters. The number of nitrogens with zero attached hydrogens (tertiary/aromatic N) is 4. The second-order valence-electron chi connectivity index (χ2n) is 6.07. The summed E-state index contributed by atoms with van der Waals surface area (Å²) >= 11 is 0. The van der Waals surface area contributed by atoms with Crippen LogP contribution in [0.15, 0.2) is 12.4 Å². The number of anilines is 1. The quantitative estimate of drug-likeness (QED) is 0.884. The first kappa shape index (κ1) is 15.2. The van der Waals surface area contributed by atoms with E-state index in [1.807, 2.05) is 12.4 Å². The van der Waals surface area contributed by atoms with Crippen molar-refractivity contribution >= 4 is 5.82 Å². The SMILES string of the molecule is CC(C)NCc1cnc(N(C)C2CCCN(C)C2)cn1. The van der Waals surface area contributed by atoms with Gasteiger partial charge in [0.25, 0.3) is 0 Å². The number of piperidine rings is 1. The largest absolute Gasteiger partial charge is 0.354 e. The van der Waals surface area contributed by atoms with Crippen molar-refractivity contribution in [3.63, 3.8) is 0 Å². The molecule has 0 amide bonds. The number of hydrogen-bond acceptors (Lipinski definition) is 5. The van der Waals surface area contributed by atoms with Crippen molar-refractivity contribution in [2.75, 3.05) is 32.1 Å². The number of rotatable bonds is 5. The Labute approximate surface area is 122 Å². The Morgan fingerprint density at radius 2 is 2.20 bits per heavy atom. The molecule has 1 aliphatic rings. The van der Waals surface area contributed by atoms with Gasteiger partial charge in [0.05, 0.1) is 18.1 Å². The summed E-state index contributed by atoms with van der Waals surface area (Å²) in [5.74, 6) is 0.971. The summed E-state index contributed by atoms with van der Waals surface area (Å²) in [5.41, 5.74) is 0.997. The first-order chi connectivity index (χ1) is 9.56. The molecule has 1 aromatic heterocycles. The van der Waals surface area contributed by atoms with Crippen LogP contribution in [0.1, 0.15) is 32.4 Å². The van der Waals surface area contributed by atoms with Crippen LogP contribution in [0.25, 0.3) is 0 Å². The smallest absolute Gasteiger partial charge is 0.147 e. The molecule has 1 aliphatic heterocycles. The summed E-state index contributed by atoms with van der Waals surface area (Å²) in [7, 11) is 4.31. The highest BCUT2D eigenvalue weighted by molar-refractivity contribution is 5.36. The number of hydrogen-bond donors (Lipinski definition) is 1. The molecule has 20 heavy (non-hydrogen) atoms. The molecule has 0 spiro atoms. The molecule has 5 heteroatoms. The minimum absolute atomic E-state index is 0.469. The minimum atomic E-state index is 0.469. The summed E-state index contributed by atoms with van der Waals surface area (Å²) < 4.78 is 0. The normalized spacial score (nSPS) is 20.4. The first-order valence-corrected chi connectivity index (χ1v) is 7.52. The molecule has 1 atom stereocenters. The number of likely N-dealkylation sites (N-methyl/N-ethyl adjacent to an activating group) is 2. The average molecular weight is 277 g/mol. The van der Waals surface area contributed by atoms with Crippen LogP contribution in [0.4, 0.5) is 5.82 Å². The number of aromatic nitrogens is 2. The third kappa shape index (κ3) is 4.15. The van der Waals surface area contributed by atoms with Crippen molar-refractivity contribution in [2.24, 2.45) is 0 Å². The minimum Gasteiger partial charge on any atom is -0.354 e. The van der Waals surface area contributed by atoms with E-state index in [1.54, 1.807) is 0 Å². The van der Waals surface area contributed by atoms with E-state index in [2.05, 4.69) is 53.0 Å². The lowest BCUT2D eigenvalue weighted by molar-refractivity contribution is 0.247. The highest BCUT2D eigenvalue weighted by atomic mass is 15.2. The maximum Gasteiger partial charge on any atom is 0.147 e. The van der Waals surface area contributed by atoms with Crippen LogP contribution in [0, 0.1) is 0 Å². The highest BCUT2D eigenvalue weighted by Crippen LogP contribution is 2.18. The fourth-order valence-corrected chi connectivity index (χ4v) is 2.57. The Morgan fingerprint density at radius 1 is 1.40 bits per heavy atom. The lowest BCUT2D eigenvalue weighted by Gasteiger charge is -2.36. The summed E-state index contributed by atoms with van der Waals surface area (Å²) in [6.07, 6.45) is 6.27. The fraction of sp³-hybridized carbons (Fsp3) is 0.733. The van der Waals surface area contributed by atoms with Gasteiger partial charge in [-0.2, -0.15) is 0 Å². The van der Waals surface area contributed by atoms with Gasteiger partial charge >= 0.3 is 0 Å². The zero-order valence-corrected chi connectivity index (χ0v) is 13.1. The molecule has 1 aromatic rings. The van der Waals surface area contributed by atoms with Crippen LogP contribution in [0.5, 0.6) is 0 Å². The zero-order chi connectivity index (χ0) is 14.5. The maximum absolute atomic E-state index is 4.56. The molecule has 2 rings (SSSR count). The van der Waals surface area contributed by atoms with Gasteiger partial charge in [-0.05, 0) is 26.4 Å². The lowest BCUT2D eigenvalue weighted by Crippen LogP contribution is -2.45. The van der Waals surface area contributed by atoms with Gasteiger partial charge in [-0.15, -0.1) is 0 Å². The standard InChI is InChI=1S/C15H27N5/c1-12(2)16-8-13-9-18-15(10-17-13)20(4)14-6-5-7-19(3)11-14/h9-10,12,14,16H,5-8,11H2,1-4H3. The zero-order valence-electron chi connectivity index (χ0n) is 13.1.